The Labute approximate surface area is 103 Å². The maximum atomic E-state index is 13.6. The first kappa shape index (κ1) is 10.7. The molecule has 1 fully saturated rings. The smallest absolute Gasteiger partial charge is 0.195 e. The Morgan fingerprint density at radius 3 is 2.88 bits per heavy atom. The normalized spacial score (nSPS) is 15.1. The van der Waals surface area contributed by atoms with Gasteiger partial charge in [0.15, 0.2) is 4.77 Å². The van der Waals surface area contributed by atoms with E-state index in [9.17, 15) is 4.39 Å². The third-order valence-electron chi connectivity index (χ3n) is 3.02. The van der Waals surface area contributed by atoms with Gasteiger partial charge in [0.1, 0.15) is 11.6 Å². The van der Waals surface area contributed by atoms with E-state index in [0.717, 1.165) is 18.7 Å². The van der Waals surface area contributed by atoms with Crippen molar-refractivity contribution in [2.24, 2.45) is 0 Å². The van der Waals surface area contributed by atoms with E-state index in [1.807, 2.05) is 10.6 Å². The number of hydrogen-bond acceptors (Lipinski definition) is 2. The van der Waals surface area contributed by atoms with E-state index < -0.39 is 0 Å². The van der Waals surface area contributed by atoms with Gasteiger partial charge in [0, 0.05) is 11.5 Å². The summed E-state index contributed by atoms with van der Waals surface area (Å²) in [5.41, 5.74) is 0.645. The van der Waals surface area contributed by atoms with Gasteiger partial charge >= 0.3 is 0 Å². The minimum atomic E-state index is -0.197. The van der Waals surface area contributed by atoms with Gasteiger partial charge in [0.2, 0.25) is 0 Å². The molecule has 0 saturated heterocycles. The lowest BCUT2D eigenvalue weighted by Gasteiger charge is -2.06. The van der Waals surface area contributed by atoms with Crippen molar-refractivity contribution in [3.05, 3.63) is 46.2 Å². The summed E-state index contributed by atoms with van der Waals surface area (Å²) in [5, 5.41) is 7.02. The largest absolute Gasteiger partial charge is 0.299 e. The summed E-state index contributed by atoms with van der Waals surface area (Å²) in [5.74, 6) is 1.25. The molecule has 5 heteroatoms. The number of benzene rings is 1. The van der Waals surface area contributed by atoms with Gasteiger partial charge in [-0.05, 0) is 31.1 Å². The van der Waals surface area contributed by atoms with Gasteiger partial charge in [-0.2, -0.15) is 5.10 Å². The minimum absolute atomic E-state index is 0.197. The number of nitrogens with zero attached hydrogens (tertiary/aromatic N) is 2. The van der Waals surface area contributed by atoms with Crippen LogP contribution in [0.5, 0.6) is 0 Å². The topological polar surface area (TPSA) is 33.6 Å². The van der Waals surface area contributed by atoms with E-state index in [1.54, 1.807) is 12.1 Å². The van der Waals surface area contributed by atoms with Crippen LogP contribution >= 0.6 is 12.2 Å². The summed E-state index contributed by atoms with van der Waals surface area (Å²) >= 11 is 5.18. The molecule has 2 aromatic rings. The Morgan fingerprint density at radius 1 is 1.41 bits per heavy atom. The molecule has 1 N–H and O–H groups in total. The Bertz CT molecular complexity index is 598. The van der Waals surface area contributed by atoms with Gasteiger partial charge in [-0.1, -0.05) is 18.2 Å². The zero-order valence-corrected chi connectivity index (χ0v) is 10.0. The van der Waals surface area contributed by atoms with Crippen LogP contribution in [0.2, 0.25) is 0 Å². The molecule has 1 aliphatic carbocycles. The third kappa shape index (κ3) is 2.02. The predicted molar refractivity (Wildman–Crippen MR) is 64.9 cm³/mol. The first-order valence-electron chi connectivity index (χ1n) is 5.64. The van der Waals surface area contributed by atoms with E-state index in [2.05, 4.69) is 10.2 Å². The van der Waals surface area contributed by atoms with Crippen molar-refractivity contribution >= 4 is 12.2 Å². The zero-order valence-electron chi connectivity index (χ0n) is 9.19. The number of nitrogens with one attached hydrogen (secondary N) is 1. The quantitative estimate of drug-likeness (QED) is 0.848. The van der Waals surface area contributed by atoms with Crippen LogP contribution in [0.25, 0.3) is 0 Å². The van der Waals surface area contributed by atoms with Gasteiger partial charge in [-0.25, -0.2) is 4.39 Å². The summed E-state index contributed by atoms with van der Waals surface area (Å²) in [4.78, 5) is 0. The van der Waals surface area contributed by atoms with Crippen LogP contribution < -0.4 is 0 Å². The summed E-state index contributed by atoms with van der Waals surface area (Å²) in [7, 11) is 0. The SMILES string of the molecule is Fc1ccccc1Cn1c(C2CC2)n[nH]c1=S. The van der Waals surface area contributed by atoms with Crippen molar-refractivity contribution in [3.63, 3.8) is 0 Å². The lowest BCUT2D eigenvalue weighted by Crippen LogP contribution is -2.06. The number of rotatable bonds is 3. The van der Waals surface area contributed by atoms with Crippen LogP contribution in [-0.2, 0) is 6.54 Å². The minimum Gasteiger partial charge on any atom is -0.299 e. The molecule has 1 aromatic heterocycles. The number of hydrogen-bond donors (Lipinski definition) is 1. The molecular formula is C12H12FN3S. The van der Waals surface area contributed by atoms with Gasteiger partial charge < -0.3 is 0 Å². The van der Waals surface area contributed by atoms with E-state index in [1.165, 1.54) is 6.07 Å². The molecule has 0 radical (unpaired) electrons. The van der Waals surface area contributed by atoms with Crippen molar-refractivity contribution in [2.45, 2.75) is 25.3 Å². The van der Waals surface area contributed by atoms with Gasteiger partial charge in [0.25, 0.3) is 0 Å². The van der Waals surface area contributed by atoms with Gasteiger partial charge in [0.05, 0.1) is 6.54 Å². The zero-order chi connectivity index (χ0) is 11.8. The lowest BCUT2D eigenvalue weighted by molar-refractivity contribution is 0.593. The molecule has 17 heavy (non-hydrogen) atoms. The van der Waals surface area contributed by atoms with Crippen LogP contribution in [0.15, 0.2) is 24.3 Å². The number of H-pyrrole nitrogens is 1. The fourth-order valence-corrected chi connectivity index (χ4v) is 2.14. The fraction of sp³-hybridized carbons (Fsp3) is 0.333. The highest BCUT2D eigenvalue weighted by Gasteiger charge is 2.29. The number of aromatic amines is 1. The van der Waals surface area contributed by atoms with Crippen molar-refractivity contribution in [1.82, 2.24) is 14.8 Å². The van der Waals surface area contributed by atoms with Crippen LogP contribution in [0.3, 0.4) is 0 Å². The van der Waals surface area contributed by atoms with Crippen LogP contribution in [0.1, 0.15) is 30.1 Å². The second-order valence-electron chi connectivity index (χ2n) is 4.34. The molecule has 3 nitrogen and oxygen atoms in total. The first-order valence-corrected chi connectivity index (χ1v) is 6.05. The fourth-order valence-electron chi connectivity index (χ4n) is 1.93. The first-order chi connectivity index (χ1) is 8.25. The van der Waals surface area contributed by atoms with Crippen molar-refractivity contribution in [2.75, 3.05) is 0 Å². The second-order valence-corrected chi connectivity index (χ2v) is 4.73. The second kappa shape index (κ2) is 4.07. The Morgan fingerprint density at radius 2 is 2.18 bits per heavy atom. The molecule has 0 aliphatic heterocycles. The van der Waals surface area contributed by atoms with Crippen LogP contribution in [0, 0.1) is 10.6 Å². The van der Waals surface area contributed by atoms with Crippen LogP contribution in [-0.4, -0.2) is 14.8 Å². The van der Waals surface area contributed by atoms with E-state index >= 15 is 0 Å². The average molecular weight is 249 g/mol. The molecule has 1 aromatic carbocycles. The van der Waals surface area contributed by atoms with Crippen molar-refractivity contribution in [3.8, 4) is 0 Å². The average Bonchev–Trinajstić information content (AvgIpc) is 3.09. The summed E-state index contributed by atoms with van der Waals surface area (Å²) in [6.45, 7) is 0.452. The molecule has 1 saturated carbocycles. The number of halogens is 1. The van der Waals surface area contributed by atoms with Gasteiger partial charge in [-0.15, -0.1) is 0 Å². The highest BCUT2D eigenvalue weighted by atomic mass is 32.1. The van der Waals surface area contributed by atoms with Crippen LogP contribution in [0.4, 0.5) is 4.39 Å². The summed E-state index contributed by atoms with van der Waals surface area (Å²) < 4.78 is 16.0. The molecule has 1 heterocycles. The maximum Gasteiger partial charge on any atom is 0.195 e. The predicted octanol–water partition coefficient (Wildman–Crippen LogP) is 3.01. The molecule has 1 aliphatic rings. The van der Waals surface area contributed by atoms with Crippen molar-refractivity contribution in [1.29, 1.82) is 0 Å². The standard InChI is InChI=1S/C12H12FN3S/c13-10-4-2-1-3-9(10)7-16-11(8-5-6-8)14-15-12(16)17/h1-4,8H,5-7H2,(H,15,17). The van der Waals surface area contributed by atoms with E-state index in [0.29, 0.717) is 22.8 Å². The molecule has 0 atom stereocenters. The molecular weight excluding hydrogens is 237 g/mol. The highest BCUT2D eigenvalue weighted by Crippen LogP contribution is 2.39. The monoisotopic (exact) mass is 249 g/mol. The molecule has 0 amide bonds. The van der Waals surface area contributed by atoms with Crippen molar-refractivity contribution < 1.29 is 4.39 Å². The summed E-state index contributed by atoms with van der Waals surface area (Å²) in [6.07, 6.45) is 2.30. The van der Waals surface area contributed by atoms with Gasteiger partial charge in [-0.3, -0.25) is 9.67 Å². The molecule has 3 rings (SSSR count). The lowest BCUT2D eigenvalue weighted by atomic mass is 10.2. The summed E-state index contributed by atoms with van der Waals surface area (Å²) in [6, 6.07) is 6.77. The Kier molecular flexibility index (Phi) is 2.55. The molecule has 0 bridgehead atoms. The highest BCUT2D eigenvalue weighted by molar-refractivity contribution is 7.71. The molecule has 88 valence electrons. The third-order valence-corrected chi connectivity index (χ3v) is 3.33. The number of aromatic nitrogens is 3. The Hall–Kier alpha value is -1.49. The van der Waals surface area contributed by atoms with E-state index in [-0.39, 0.29) is 5.82 Å². The van der Waals surface area contributed by atoms with E-state index in [4.69, 9.17) is 12.2 Å². The molecule has 0 unspecified atom stereocenters. The maximum absolute atomic E-state index is 13.6. The molecule has 0 spiro atoms. The Balaban J connectivity index is 1.97.